The van der Waals surface area contributed by atoms with Crippen molar-refractivity contribution >= 4 is 35.3 Å². The molecule has 3 rings (SSSR count). The second kappa shape index (κ2) is 18.6. The van der Waals surface area contributed by atoms with E-state index in [1.807, 2.05) is 24.3 Å². The highest BCUT2D eigenvalue weighted by atomic mass is 16.2. The predicted molar refractivity (Wildman–Crippen MR) is 172 cm³/mol. The third-order valence-corrected chi connectivity index (χ3v) is 6.57. The van der Waals surface area contributed by atoms with Crippen molar-refractivity contribution in [3.8, 4) is 0 Å². The van der Waals surface area contributed by atoms with E-state index in [4.69, 9.17) is 11.5 Å². The van der Waals surface area contributed by atoms with Crippen LogP contribution in [0.1, 0.15) is 57.5 Å². The molecule has 6 amide bonds. The van der Waals surface area contributed by atoms with Crippen LogP contribution in [0.3, 0.4) is 0 Å². The molecule has 3 aromatic rings. The lowest BCUT2D eigenvalue weighted by molar-refractivity contribution is 0.0939. The van der Waals surface area contributed by atoms with Crippen molar-refractivity contribution in [2.75, 3.05) is 36.8 Å². The molecule has 0 aliphatic rings. The van der Waals surface area contributed by atoms with E-state index in [-0.39, 0.29) is 23.9 Å². The van der Waals surface area contributed by atoms with Gasteiger partial charge in [-0.1, -0.05) is 24.3 Å². The number of carbonyl (C=O) groups excluding carboxylic acids is 4. The van der Waals surface area contributed by atoms with Gasteiger partial charge in [0, 0.05) is 48.7 Å². The van der Waals surface area contributed by atoms with Gasteiger partial charge >= 0.3 is 12.1 Å². The second-order valence-electron chi connectivity index (χ2n) is 10.1. The number of hydrogen-bond donors (Lipinski definition) is 8. The summed E-state index contributed by atoms with van der Waals surface area (Å²) in [6, 6.07) is 20.2. The van der Waals surface area contributed by atoms with Crippen LogP contribution in [0, 0.1) is 0 Å². The van der Waals surface area contributed by atoms with Crippen molar-refractivity contribution in [3.63, 3.8) is 0 Å². The number of nitrogens with one attached hydrogen (secondary N) is 6. The molecular formula is C32H42N8O4. The number of benzene rings is 3. The fourth-order valence-corrected chi connectivity index (χ4v) is 4.05. The Morgan fingerprint density at radius 3 is 1.18 bits per heavy atom. The first-order valence-electron chi connectivity index (χ1n) is 14.7. The molecule has 0 spiro atoms. The SMILES string of the molecule is NCCCCNC(=O)Nc1ccc(CNC(=O)c2ccc(C(=O)NCc3ccc(NC(=O)NCCCCN)cc3)cc2)cc1. The van der Waals surface area contributed by atoms with Gasteiger partial charge in [-0.15, -0.1) is 0 Å². The van der Waals surface area contributed by atoms with E-state index >= 15 is 0 Å². The number of amides is 6. The summed E-state index contributed by atoms with van der Waals surface area (Å²) in [4.78, 5) is 49.1. The second-order valence-corrected chi connectivity index (χ2v) is 10.1. The summed E-state index contributed by atoms with van der Waals surface area (Å²) in [6.45, 7) is 2.93. The van der Waals surface area contributed by atoms with E-state index in [1.165, 1.54) is 0 Å². The van der Waals surface area contributed by atoms with E-state index < -0.39 is 0 Å². The Bertz CT molecular complexity index is 1240. The first kappa shape index (κ1) is 33.6. The highest BCUT2D eigenvalue weighted by Gasteiger charge is 2.10. The molecule has 0 atom stereocenters. The highest BCUT2D eigenvalue weighted by Crippen LogP contribution is 2.12. The molecule has 0 saturated heterocycles. The van der Waals surface area contributed by atoms with Crippen molar-refractivity contribution in [1.29, 1.82) is 0 Å². The van der Waals surface area contributed by atoms with E-state index in [0.717, 1.165) is 36.8 Å². The van der Waals surface area contributed by atoms with Crippen molar-refractivity contribution < 1.29 is 19.2 Å². The fourth-order valence-electron chi connectivity index (χ4n) is 4.05. The largest absolute Gasteiger partial charge is 0.348 e. The Labute approximate surface area is 257 Å². The number of hydrogen-bond acceptors (Lipinski definition) is 6. The summed E-state index contributed by atoms with van der Waals surface area (Å²) in [5.74, 6) is -0.539. The van der Waals surface area contributed by atoms with Crippen molar-refractivity contribution in [2.45, 2.75) is 38.8 Å². The molecule has 0 bridgehead atoms. The van der Waals surface area contributed by atoms with Crippen LogP contribution in [0.4, 0.5) is 21.0 Å². The van der Waals surface area contributed by atoms with Crippen LogP contribution in [-0.4, -0.2) is 50.1 Å². The van der Waals surface area contributed by atoms with Gasteiger partial charge in [0.25, 0.3) is 11.8 Å². The number of rotatable bonds is 16. The average Bonchev–Trinajstić information content (AvgIpc) is 3.04. The Kier molecular flexibility index (Phi) is 14.2. The minimum absolute atomic E-state index is 0.269. The maximum Gasteiger partial charge on any atom is 0.319 e. The maximum atomic E-state index is 12.6. The number of carbonyl (C=O) groups is 4. The lowest BCUT2D eigenvalue weighted by atomic mass is 10.1. The summed E-state index contributed by atoms with van der Waals surface area (Å²) in [5.41, 5.74) is 14.8. The standard InChI is InChI=1S/C32H42N8O4/c33-17-1-3-19-35-31(43)39-27-13-5-23(6-14-27)21-37-29(41)25-9-11-26(12-10-25)30(42)38-22-24-7-15-28(16-8-24)40-32(44)36-20-4-2-18-34/h5-16H,1-4,17-22,33-34H2,(H,37,41)(H,38,42)(H2,35,39,43)(H2,36,40,44). The Morgan fingerprint density at radius 2 is 0.841 bits per heavy atom. The van der Waals surface area contributed by atoms with Crippen LogP contribution in [0.15, 0.2) is 72.8 Å². The van der Waals surface area contributed by atoms with Gasteiger partial charge in [-0.05, 0) is 98.4 Å². The zero-order valence-corrected chi connectivity index (χ0v) is 24.8. The average molecular weight is 603 g/mol. The van der Waals surface area contributed by atoms with E-state index in [9.17, 15) is 19.2 Å². The van der Waals surface area contributed by atoms with Crippen LogP contribution in [0.5, 0.6) is 0 Å². The lowest BCUT2D eigenvalue weighted by Gasteiger charge is -2.10. The zero-order valence-electron chi connectivity index (χ0n) is 24.8. The minimum Gasteiger partial charge on any atom is -0.348 e. The summed E-state index contributed by atoms with van der Waals surface area (Å²) in [7, 11) is 0. The molecule has 0 aromatic heterocycles. The van der Waals surface area contributed by atoms with Gasteiger partial charge in [0.05, 0.1) is 0 Å². The molecule has 234 valence electrons. The van der Waals surface area contributed by atoms with Crippen LogP contribution in [0.25, 0.3) is 0 Å². The Balaban J connectivity index is 1.38. The summed E-state index contributed by atoms with van der Waals surface area (Å²) >= 11 is 0. The zero-order chi connectivity index (χ0) is 31.6. The lowest BCUT2D eigenvalue weighted by Crippen LogP contribution is -2.29. The first-order chi connectivity index (χ1) is 21.4. The molecular weight excluding hydrogens is 560 g/mol. The van der Waals surface area contributed by atoms with Gasteiger partial charge in [0.1, 0.15) is 0 Å². The van der Waals surface area contributed by atoms with Crippen LogP contribution >= 0.6 is 0 Å². The molecule has 0 aliphatic heterocycles. The number of urea groups is 2. The van der Waals surface area contributed by atoms with Crippen molar-refractivity contribution in [1.82, 2.24) is 21.3 Å². The quantitative estimate of drug-likeness (QED) is 0.116. The fraction of sp³-hybridized carbons (Fsp3) is 0.312. The molecule has 44 heavy (non-hydrogen) atoms. The topological polar surface area (TPSA) is 192 Å². The van der Waals surface area contributed by atoms with Gasteiger partial charge in [-0.2, -0.15) is 0 Å². The van der Waals surface area contributed by atoms with Gasteiger partial charge in [0.15, 0.2) is 0 Å². The van der Waals surface area contributed by atoms with Crippen LogP contribution < -0.4 is 43.4 Å². The van der Waals surface area contributed by atoms with E-state index in [2.05, 4.69) is 31.9 Å². The highest BCUT2D eigenvalue weighted by molar-refractivity contribution is 5.97. The molecule has 12 heteroatoms. The van der Waals surface area contributed by atoms with Crippen LogP contribution in [0.2, 0.25) is 0 Å². The Morgan fingerprint density at radius 1 is 0.477 bits per heavy atom. The third-order valence-electron chi connectivity index (χ3n) is 6.57. The molecule has 10 N–H and O–H groups in total. The predicted octanol–water partition coefficient (Wildman–Crippen LogP) is 3.27. The summed E-state index contributed by atoms with van der Waals surface area (Å²) in [5, 5.41) is 16.8. The maximum absolute atomic E-state index is 12.6. The summed E-state index contributed by atoms with van der Waals surface area (Å²) < 4.78 is 0. The smallest absolute Gasteiger partial charge is 0.319 e. The third kappa shape index (κ3) is 12.1. The molecule has 0 fully saturated rings. The van der Waals surface area contributed by atoms with Gasteiger partial charge in [0.2, 0.25) is 0 Å². The first-order valence-corrected chi connectivity index (χ1v) is 14.7. The normalized spacial score (nSPS) is 10.4. The molecule has 3 aromatic carbocycles. The number of unbranched alkanes of at least 4 members (excludes halogenated alkanes) is 2. The van der Waals surface area contributed by atoms with E-state index in [0.29, 0.717) is 61.8 Å². The van der Waals surface area contributed by atoms with Crippen molar-refractivity contribution in [2.24, 2.45) is 11.5 Å². The molecule has 0 unspecified atom stereocenters. The summed E-state index contributed by atoms with van der Waals surface area (Å²) in [6.07, 6.45) is 3.37. The molecule has 0 heterocycles. The van der Waals surface area contributed by atoms with E-state index in [1.54, 1.807) is 48.5 Å². The monoisotopic (exact) mass is 602 g/mol. The number of nitrogens with two attached hydrogens (primary N) is 2. The molecule has 0 aliphatic carbocycles. The number of anilines is 2. The van der Waals surface area contributed by atoms with Gasteiger partial charge in [-0.3, -0.25) is 9.59 Å². The van der Waals surface area contributed by atoms with Crippen LogP contribution in [-0.2, 0) is 13.1 Å². The van der Waals surface area contributed by atoms with Gasteiger partial charge < -0.3 is 43.4 Å². The molecule has 0 saturated carbocycles. The molecule has 0 radical (unpaired) electrons. The minimum atomic E-state index is -0.278. The Hall–Kier alpha value is -4.94. The van der Waals surface area contributed by atoms with Crippen molar-refractivity contribution in [3.05, 3.63) is 95.1 Å². The van der Waals surface area contributed by atoms with Gasteiger partial charge in [-0.25, -0.2) is 9.59 Å². The molecule has 12 nitrogen and oxygen atoms in total.